The molecule has 51 valence electrons. The molecule has 0 saturated carbocycles. The van der Waals surface area contributed by atoms with E-state index in [0.29, 0.717) is 6.04 Å². The fourth-order valence-corrected chi connectivity index (χ4v) is 1.31. The number of fused-ring (bicyclic) bond motifs is 1. The third-order valence-corrected chi connectivity index (χ3v) is 1.90. The zero-order chi connectivity index (χ0) is 6.81. The van der Waals surface area contributed by atoms with Crippen LogP contribution in [0.3, 0.4) is 0 Å². The first-order valence-corrected chi connectivity index (χ1v) is 3.58. The predicted molar refractivity (Wildman–Crippen MR) is 41.6 cm³/mol. The second kappa shape index (κ2) is 2.29. The van der Waals surface area contributed by atoms with Crippen molar-refractivity contribution in [3.63, 3.8) is 0 Å². The van der Waals surface area contributed by atoms with Crippen LogP contribution < -0.4 is 10.3 Å². The summed E-state index contributed by atoms with van der Waals surface area (Å²) >= 11 is 0. The van der Waals surface area contributed by atoms with Crippen LogP contribution in [0, 0.1) is 0 Å². The van der Waals surface area contributed by atoms with Crippen molar-refractivity contribution >= 4 is 6.21 Å². The van der Waals surface area contributed by atoms with E-state index in [1.807, 2.05) is 18.6 Å². The zero-order valence-electron chi connectivity index (χ0n) is 5.75. The van der Waals surface area contributed by atoms with Gasteiger partial charge in [-0.3, -0.25) is 0 Å². The number of nitrogens with one attached hydrogen (secondary N) is 1. The summed E-state index contributed by atoms with van der Waals surface area (Å²) in [5.74, 6) is 0. The van der Waals surface area contributed by atoms with E-state index in [2.05, 4.69) is 16.4 Å². The third-order valence-electron chi connectivity index (χ3n) is 1.90. The molecule has 1 atom stereocenters. The summed E-state index contributed by atoms with van der Waals surface area (Å²) in [6, 6.07) is 0.530. The molecule has 1 radical (unpaired) electrons. The van der Waals surface area contributed by atoms with Gasteiger partial charge < -0.3 is 5.32 Å². The summed E-state index contributed by atoms with van der Waals surface area (Å²) in [5, 5.41) is 3.28. The molecule has 0 aromatic heterocycles. The van der Waals surface area contributed by atoms with E-state index >= 15 is 0 Å². The number of allylic oxidation sites excluding steroid dienone is 1. The molecule has 2 rings (SSSR count). The van der Waals surface area contributed by atoms with Crippen molar-refractivity contribution in [3.8, 4) is 0 Å². The Morgan fingerprint density at radius 3 is 3.50 bits per heavy atom. The Hall–Kier alpha value is -1.05. The van der Waals surface area contributed by atoms with Crippen LogP contribution in [0.1, 0.15) is 12.8 Å². The van der Waals surface area contributed by atoms with Crippen LogP contribution in [0.15, 0.2) is 24.0 Å². The summed E-state index contributed by atoms with van der Waals surface area (Å²) in [6.45, 7) is 0. The van der Waals surface area contributed by atoms with Crippen LogP contribution in [0.5, 0.6) is 0 Å². The molecule has 10 heavy (non-hydrogen) atoms. The van der Waals surface area contributed by atoms with Crippen LogP contribution in [0.2, 0.25) is 0 Å². The minimum atomic E-state index is 0.530. The van der Waals surface area contributed by atoms with E-state index in [-0.39, 0.29) is 0 Å². The van der Waals surface area contributed by atoms with Crippen molar-refractivity contribution in [2.24, 2.45) is 0 Å². The van der Waals surface area contributed by atoms with E-state index in [1.54, 1.807) is 0 Å². The third kappa shape index (κ3) is 0.856. The number of hydrogen-bond donors (Lipinski definition) is 1. The van der Waals surface area contributed by atoms with Gasteiger partial charge in [0.1, 0.15) is 0 Å². The topological polar surface area (TPSA) is 26.1 Å². The summed E-state index contributed by atoms with van der Waals surface area (Å²) in [4.78, 5) is 4.10. The Balaban J connectivity index is 2.23. The molecule has 0 fully saturated rings. The van der Waals surface area contributed by atoms with Crippen LogP contribution in [0.25, 0.3) is 0 Å². The minimum Gasteiger partial charge on any atom is -0.384 e. The number of nitrogens with zero attached hydrogens (tertiary/aromatic N) is 1. The highest BCUT2D eigenvalue weighted by Crippen LogP contribution is 2.15. The molecule has 2 aliphatic heterocycles. The Labute approximate surface area is 60.3 Å². The average molecular weight is 134 g/mol. The summed E-state index contributed by atoms with van der Waals surface area (Å²) in [6.07, 6.45) is 10.2. The molecule has 0 aromatic carbocycles. The van der Waals surface area contributed by atoms with Gasteiger partial charge in [-0.05, 0) is 12.6 Å². The monoisotopic (exact) mass is 134 g/mol. The fourth-order valence-electron chi connectivity index (χ4n) is 1.31. The largest absolute Gasteiger partial charge is 0.384 e. The minimum absolute atomic E-state index is 0.530. The molecule has 2 nitrogen and oxygen atoms in total. The SMILES string of the molecule is C1=CNC2CC=[N+]C=C2C1. The Morgan fingerprint density at radius 2 is 2.60 bits per heavy atom. The summed E-state index contributed by atoms with van der Waals surface area (Å²) < 4.78 is 0. The van der Waals surface area contributed by atoms with Crippen LogP contribution in [-0.4, -0.2) is 12.3 Å². The molecule has 1 N–H and O–H groups in total. The average Bonchev–Trinajstić information content (AvgIpc) is 2.05. The van der Waals surface area contributed by atoms with E-state index in [1.165, 1.54) is 5.57 Å². The molecule has 0 aromatic rings. The van der Waals surface area contributed by atoms with E-state index in [4.69, 9.17) is 0 Å². The number of hydrogen-bond acceptors (Lipinski definition) is 2. The molecule has 2 heterocycles. The molecular weight excluding hydrogens is 124 g/mol. The van der Waals surface area contributed by atoms with Gasteiger partial charge in [-0.1, -0.05) is 6.08 Å². The van der Waals surface area contributed by atoms with Crippen molar-refractivity contribution < 1.29 is 0 Å². The van der Waals surface area contributed by atoms with Gasteiger partial charge in [0.05, 0.1) is 12.5 Å². The normalized spacial score (nSPS) is 28.8. The maximum absolute atomic E-state index is 4.10. The highest BCUT2D eigenvalue weighted by atomic mass is 14.9. The molecule has 0 aliphatic carbocycles. The first kappa shape index (κ1) is 5.71. The van der Waals surface area contributed by atoms with Crippen molar-refractivity contribution in [2.45, 2.75) is 18.9 Å². The van der Waals surface area contributed by atoms with Crippen molar-refractivity contribution in [2.75, 3.05) is 0 Å². The quantitative estimate of drug-likeness (QED) is 0.514. The van der Waals surface area contributed by atoms with Crippen molar-refractivity contribution in [1.82, 2.24) is 10.3 Å². The van der Waals surface area contributed by atoms with E-state index < -0.39 is 0 Å². The molecular formula is C8H10N2+. The van der Waals surface area contributed by atoms with Crippen LogP contribution in [-0.2, 0) is 0 Å². The highest BCUT2D eigenvalue weighted by Gasteiger charge is 2.20. The number of aliphatic imine (C=N–C) groups is 1. The molecule has 0 spiro atoms. The lowest BCUT2D eigenvalue weighted by Gasteiger charge is -2.19. The second-order valence-corrected chi connectivity index (χ2v) is 2.60. The van der Waals surface area contributed by atoms with Gasteiger partial charge in [0.15, 0.2) is 0 Å². The summed E-state index contributed by atoms with van der Waals surface area (Å²) in [5.41, 5.74) is 1.41. The highest BCUT2D eigenvalue weighted by molar-refractivity contribution is 5.60. The molecule has 0 bridgehead atoms. The number of rotatable bonds is 0. The Morgan fingerprint density at radius 1 is 1.60 bits per heavy atom. The molecule has 1 unspecified atom stereocenters. The lowest BCUT2D eigenvalue weighted by Crippen LogP contribution is -2.31. The standard InChI is InChI=1S/C8H10N2/c1-2-7-6-9-5-3-8(7)10-4-1/h1,4-6,8,10H,2-3H2/q+1. The van der Waals surface area contributed by atoms with Gasteiger partial charge in [-0.2, -0.15) is 0 Å². The van der Waals surface area contributed by atoms with Gasteiger partial charge >= 0.3 is 0 Å². The lowest BCUT2D eigenvalue weighted by molar-refractivity contribution is 0.646. The van der Waals surface area contributed by atoms with Gasteiger partial charge in [-0.25, -0.2) is 0 Å². The lowest BCUT2D eigenvalue weighted by atomic mass is 9.98. The zero-order valence-corrected chi connectivity index (χ0v) is 5.75. The van der Waals surface area contributed by atoms with Gasteiger partial charge in [0.25, 0.3) is 0 Å². The first-order valence-electron chi connectivity index (χ1n) is 3.58. The smallest absolute Gasteiger partial charge is 0.243 e. The maximum atomic E-state index is 4.10. The van der Waals surface area contributed by atoms with Gasteiger partial charge in [-0.15, -0.1) is 0 Å². The van der Waals surface area contributed by atoms with Crippen LogP contribution in [0.4, 0.5) is 0 Å². The van der Waals surface area contributed by atoms with Gasteiger partial charge in [0, 0.05) is 10.6 Å². The van der Waals surface area contributed by atoms with E-state index in [0.717, 1.165) is 12.8 Å². The second-order valence-electron chi connectivity index (χ2n) is 2.60. The first-order chi connectivity index (χ1) is 4.97. The molecule has 2 aliphatic rings. The predicted octanol–water partition coefficient (Wildman–Crippen LogP) is 0.556. The van der Waals surface area contributed by atoms with Crippen LogP contribution >= 0.6 is 0 Å². The van der Waals surface area contributed by atoms with Crippen molar-refractivity contribution in [3.05, 3.63) is 24.0 Å². The Bertz CT molecular complexity index is 213. The molecule has 0 saturated heterocycles. The maximum Gasteiger partial charge on any atom is 0.243 e. The fraction of sp³-hybridized carbons (Fsp3) is 0.375. The van der Waals surface area contributed by atoms with Gasteiger partial charge in [0.2, 0.25) is 12.4 Å². The molecule has 0 amide bonds. The van der Waals surface area contributed by atoms with E-state index in [9.17, 15) is 0 Å². The summed E-state index contributed by atoms with van der Waals surface area (Å²) in [7, 11) is 0. The Kier molecular flexibility index (Phi) is 1.31. The molecule has 2 heteroatoms. The van der Waals surface area contributed by atoms with Crippen molar-refractivity contribution in [1.29, 1.82) is 0 Å².